The van der Waals surface area contributed by atoms with E-state index in [2.05, 4.69) is 17.1 Å². The molecule has 3 N–H and O–H groups in total. The summed E-state index contributed by atoms with van der Waals surface area (Å²) in [4.78, 5) is 14.3. The fraction of sp³-hybridized carbons (Fsp3) is 0.933. The number of carbonyl (C=O) groups is 1. The highest BCUT2D eigenvalue weighted by Gasteiger charge is 2.33. The Labute approximate surface area is 129 Å². The van der Waals surface area contributed by atoms with Crippen LogP contribution in [-0.2, 0) is 4.79 Å². The summed E-state index contributed by atoms with van der Waals surface area (Å²) < 4.78 is 0. The molecule has 2 fully saturated rings. The van der Waals surface area contributed by atoms with Crippen LogP contribution in [0.3, 0.4) is 0 Å². The zero-order valence-electron chi connectivity index (χ0n) is 12.8. The second-order valence-corrected chi connectivity index (χ2v) is 6.49. The molecule has 1 amide bonds. The number of likely N-dealkylation sites (N-methyl/N-ethyl adjacent to an activating group) is 1. The van der Waals surface area contributed by atoms with Gasteiger partial charge in [-0.2, -0.15) is 0 Å². The fourth-order valence-electron chi connectivity index (χ4n) is 3.34. The van der Waals surface area contributed by atoms with Crippen LogP contribution in [0.25, 0.3) is 0 Å². The summed E-state index contributed by atoms with van der Waals surface area (Å²) in [6.07, 6.45) is 7.48. The lowest BCUT2D eigenvalue weighted by atomic mass is 9.86. The second kappa shape index (κ2) is 8.20. The Morgan fingerprint density at radius 3 is 2.50 bits per heavy atom. The first-order chi connectivity index (χ1) is 9.11. The highest BCUT2D eigenvalue weighted by Crippen LogP contribution is 2.34. The van der Waals surface area contributed by atoms with E-state index in [1.165, 1.54) is 32.1 Å². The van der Waals surface area contributed by atoms with Crippen molar-refractivity contribution in [1.29, 1.82) is 0 Å². The normalized spacial score (nSPS) is 27.8. The molecule has 0 aromatic rings. The lowest BCUT2D eigenvalue weighted by Gasteiger charge is -2.31. The number of nitrogens with zero attached hydrogens (tertiary/aromatic N) is 1. The summed E-state index contributed by atoms with van der Waals surface area (Å²) >= 11 is 0. The van der Waals surface area contributed by atoms with Gasteiger partial charge in [-0.15, -0.1) is 12.4 Å². The number of hydrogen-bond donors (Lipinski definition) is 2. The van der Waals surface area contributed by atoms with Crippen LogP contribution >= 0.6 is 12.4 Å². The van der Waals surface area contributed by atoms with Crippen molar-refractivity contribution in [3.63, 3.8) is 0 Å². The van der Waals surface area contributed by atoms with Crippen LogP contribution in [0.2, 0.25) is 0 Å². The van der Waals surface area contributed by atoms with Gasteiger partial charge in [-0.05, 0) is 44.6 Å². The predicted octanol–water partition coefficient (Wildman–Crippen LogP) is 1.77. The number of carbonyl (C=O) groups excluding carboxylic acids is 1. The minimum atomic E-state index is 0. The molecule has 0 aliphatic heterocycles. The molecule has 0 heterocycles. The summed E-state index contributed by atoms with van der Waals surface area (Å²) in [6.45, 7) is 3.40. The molecule has 0 spiro atoms. The van der Waals surface area contributed by atoms with E-state index in [0.29, 0.717) is 31.1 Å². The molecule has 2 saturated carbocycles. The molecule has 0 aromatic heterocycles. The molecule has 2 aliphatic rings. The van der Waals surface area contributed by atoms with E-state index in [0.717, 1.165) is 12.3 Å². The molecule has 2 rings (SSSR count). The van der Waals surface area contributed by atoms with E-state index in [4.69, 9.17) is 5.73 Å². The van der Waals surface area contributed by atoms with Gasteiger partial charge in [0.25, 0.3) is 0 Å². The van der Waals surface area contributed by atoms with Gasteiger partial charge >= 0.3 is 0 Å². The van der Waals surface area contributed by atoms with Gasteiger partial charge in [0.1, 0.15) is 0 Å². The number of rotatable bonds is 6. The van der Waals surface area contributed by atoms with Crippen LogP contribution in [0.15, 0.2) is 0 Å². The molecular weight excluding hydrogens is 274 g/mol. The summed E-state index contributed by atoms with van der Waals surface area (Å²) in [5.74, 6) is 1.51. The van der Waals surface area contributed by atoms with E-state index >= 15 is 0 Å². The number of nitrogens with one attached hydrogen (secondary N) is 1. The smallest absolute Gasteiger partial charge is 0.234 e. The Bertz CT molecular complexity index is 309. The zero-order chi connectivity index (χ0) is 13.8. The van der Waals surface area contributed by atoms with Crippen LogP contribution in [-0.4, -0.2) is 43.0 Å². The van der Waals surface area contributed by atoms with Gasteiger partial charge in [0.15, 0.2) is 0 Å². The average molecular weight is 304 g/mol. The summed E-state index contributed by atoms with van der Waals surface area (Å²) in [5.41, 5.74) is 5.82. The molecule has 0 radical (unpaired) electrons. The Morgan fingerprint density at radius 1 is 1.30 bits per heavy atom. The van der Waals surface area contributed by atoms with Gasteiger partial charge in [0.2, 0.25) is 5.91 Å². The van der Waals surface area contributed by atoms with E-state index in [1.54, 1.807) is 0 Å². The maximum atomic E-state index is 12.1. The minimum Gasteiger partial charge on any atom is -0.352 e. The monoisotopic (exact) mass is 303 g/mol. The van der Waals surface area contributed by atoms with Crippen molar-refractivity contribution in [2.45, 2.75) is 57.5 Å². The topological polar surface area (TPSA) is 58.4 Å². The van der Waals surface area contributed by atoms with Crippen molar-refractivity contribution in [3.8, 4) is 0 Å². The molecule has 3 unspecified atom stereocenters. The third-order valence-electron chi connectivity index (χ3n) is 4.82. The summed E-state index contributed by atoms with van der Waals surface area (Å²) in [6, 6.07) is 0.765. The van der Waals surface area contributed by atoms with Gasteiger partial charge in [0, 0.05) is 18.6 Å². The molecule has 0 bridgehead atoms. The minimum absolute atomic E-state index is 0. The molecule has 0 saturated heterocycles. The van der Waals surface area contributed by atoms with Crippen molar-refractivity contribution in [2.24, 2.45) is 17.6 Å². The van der Waals surface area contributed by atoms with Crippen molar-refractivity contribution in [3.05, 3.63) is 0 Å². The van der Waals surface area contributed by atoms with E-state index < -0.39 is 0 Å². The lowest BCUT2D eigenvalue weighted by molar-refractivity contribution is -0.123. The zero-order valence-corrected chi connectivity index (χ0v) is 13.6. The van der Waals surface area contributed by atoms with Gasteiger partial charge in [-0.1, -0.05) is 19.8 Å². The van der Waals surface area contributed by atoms with Crippen molar-refractivity contribution in [1.82, 2.24) is 10.2 Å². The van der Waals surface area contributed by atoms with Crippen LogP contribution in [0.4, 0.5) is 0 Å². The SMILES string of the molecule is CC1CCCCC1NC(=O)CN(C)C(CN)C1CC1.Cl. The number of nitrogens with two attached hydrogens (primary N) is 1. The fourth-order valence-corrected chi connectivity index (χ4v) is 3.34. The van der Waals surface area contributed by atoms with Crippen molar-refractivity contribution >= 4 is 18.3 Å². The molecular formula is C15H30ClN3O. The first kappa shape index (κ1) is 17.7. The van der Waals surface area contributed by atoms with Crippen LogP contribution in [0, 0.1) is 11.8 Å². The third kappa shape index (κ3) is 4.90. The maximum absolute atomic E-state index is 12.1. The predicted molar refractivity (Wildman–Crippen MR) is 85.0 cm³/mol. The highest BCUT2D eigenvalue weighted by molar-refractivity contribution is 5.85. The molecule has 4 nitrogen and oxygen atoms in total. The van der Waals surface area contributed by atoms with Gasteiger partial charge in [-0.3, -0.25) is 9.69 Å². The molecule has 5 heteroatoms. The molecule has 0 aromatic carbocycles. The van der Waals surface area contributed by atoms with E-state index in [1.807, 2.05) is 7.05 Å². The van der Waals surface area contributed by atoms with E-state index in [9.17, 15) is 4.79 Å². The maximum Gasteiger partial charge on any atom is 0.234 e. The molecule has 2 aliphatic carbocycles. The van der Waals surface area contributed by atoms with Gasteiger partial charge in [0.05, 0.1) is 6.54 Å². The summed E-state index contributed by atoms with van der Waals surface area (Å²) in [5, 5.41) is 3.22. The van der Waals surface area contributed by atoms with Crippen LogP contribution in [0.5, 0.6) is 0 Å². The second-order valence-electron chi connectivity index (χ2n) is 6.49. The standard InChI is InChI=1S/C15H29N3O.ClH/c1-11-5-3-4-6-13(11)17-15(19)10-18(2)14(9-16)12-7-8-12;/h11-14H,3-10,16H2,1-2H3,(H,17,19);1H. The highest BCUT2D eigenvalue weighted by atomic mass is 35.5. The molecule has 3 atom stereocenters. The van der Waals surface area contributed by atoms with Gasteiger partial charge < -0.3 is 11.1 Å². The quantitative estimate of drug-likeness (QED) is 0.786. The van der Waals surface area contributed by atoms with E-state index in [-0.39, 0.29) is 18.3 Å². The average Bonchev–Trinajstić information content (AvgIpc) is 3.17. The largest absolute Gasteiger partial charge is 0.352 e. The van der Waals surface area contributed by atoms with Crippen molar-refractivity contribution in [2.75, 3.05) is 20.1 Å². The first-order valence-electron chi connectivity index (χ1n) is 7.81. The number of amides is 1. The third-order valence-corrected chi connectivity index (χ3v) is 4.82. The Hall–Kier alpha value is -0.320. The van der Waals surface area contributed by atoms with Gasteiger partial charge in [-0.25, -0.2) is 0 Å². The Morgan fingerprint density at radius 2 is 1.95 bits per heavy atom. The molecule has 20 heavy (non-hydrogen) atoms. The number of halogens is 1. The first-order valence-corrected chi connectivity index (χ1v) is 7.81. The lowest BCUT2D eigenvalue weighted by Crippen LogP contribution is -2.48. The van der Waals surface area contributed by atoms with Crippen LogP contribution < -0.4 is 11.1 Å². The Balaban J connectivity index is 0.00000200. The number of hydrogen-bond acceptors (Lipinski definition) is 3. The van der Waals surface area contributed by atoms with Crippen molar-refractivity contribution < 1.29 is 4.79 Å². The van der Waals surface area contributed by atoms with Crippen LogP contribution in [0.1, 0.15) is 45.4 Å². The summed E-state index contributed by atoms with van der Waals surface area (Å²) in [7, 11) is 2.03. The Kier molecular flexibility index (Phi) is 7.27. The molecule has 118 valence electrons.